The third-order valence-electron chi connectivity index (χ3n) is 4.67. The van der Waals surface area contributed by atoms with Crippen LogP contribution >= 0.6 is 0 Å². The molecular weight excluding hydrogens is 402 g/mol. The number of pyridine rings is 1. The zero-order valence-corrected chi connectivity index (χ0v) is 17.9. The Morgan fingerprint density at radius 2 is 1.58 bits per heavy atom. The number of benzene rings is 2. The lowest BCUT2D eigenvalue weighted by atomic mass is 9.89. The standard InChI is InChI=1S/C23H23NO7/c1-13(2)31-19-11-15-10-17(22(25)29-4)21(23(26)30-5)20(16(15)12-18(19)28-3)14-6-8-24(27)9-7-14/h6-13H,1-5H3. The highest BCUT2D eigenvalue weighted by molar-refractivity contribution is 6.15. The van der Waals surface area contributed by atoms with Gasteiger partial charge in [0.25, 0.3) is 0 Å². The first kappa shape index (κ1) is 21.9. The third kappa shape index (κ3) is 4.23. The van der Waals surface area contributed by atoms with Gasteiger partial charge in [-0.1, -0.05) is 0 Å². The van der Waals surface area contributed by atoms with Gasteiger partial charge in [0.1, 0.15) is 0 Å². The van der Waals surface area contributed by atoms with Gasteiger partial charge < -0.3 is 24.2 Å². The number of hydrogen-bond acceptors (Lipinski definition) is 7. The number of fused-ring (bicyclic) bond motifs is 1. The summed E-state index contributed by atoms with van der Waals surface area (Å²) in [6.07, 6.45) is 2.50. The summed E-state index contributed by atoms with van der Waals surface area (Å²) in [5, 5.41) is 12.8. The largest absolute Gasteiger partial charge is 0.619 e. The average molecular weight is 425 g/mol. The summed E-state index contributed by atoms with van der Waals surface area (Å²) < 4.78 is 21.9. The fraction of sp³-hybridized carbons (Fsp3) is 0.261. The molecule has 0 bridgehead atoms. The lowest BCUT2D eigenvalue weighted by molar-refractivity contribution is -0.605. The van der Waals surface area contributed by atoms with E-state index in [4.69, 9.17) is 18.9 Å². The van der Waals surface area contributed by atoms with Crippen LogP contribution < -0.4 is 14.2 Å². The van der Waals surface area contributed by atoms with Crippen LogP contribution in [0.4, 0.5) is 0 Å². The van der Waals surface area contributed by atoms with Crippen LogP contribution in [0.15, 0.2) is 42.7 Å². The topological polar surface area (TPSA) is 98.0 Å². The lowest BCUT2D eigenvalue weighted by Gasteiger charge is -2.19. The van der Waals surface area contributed by atoms with E-state index in [1.165, 1.54) is 33.7 Å². The van der Waals surface area contributed by atoms with Gasteiger partial charge in [0.15, 0.2) is 23.9 Å². The molecule has 0 unspecified atom stereocenters. The fourth-order valence-corrected chi connectivity index (χ4v) is 3.38. The van der Waals surface area contributed by atoms with Crippen LogP contribution in [0.25, 0.3) is 21.9 Å². The molecule has 3 rings (SSSR count). The van der Waals surface area contributed by atoms with Crippen molar-refractivity contribution in [1.82, 2.24) is 0 Å². The highest BCUT2D eigenvalue weighted by atomic mass is 16.5. The molecule has 0 saturated carbocycles. The number of carbonyl (C=O) groups excluding carboxylic acids is 2. The normalized spacial score (nSPS) is 10.8. The molecule has 0 N–H and O–H groups in total. The van der Waals surface area contributed by atoms with Crippen molar-refractivity contribution in [2.24, 2.45) is 0 Å². The number of nitrogens with zero attached hydrogens (tertiary/aromatic N) is 1. The maximum Gasteiger partial charge on any atom is 0.339 e. The van der Waals surface area contributed by atoms with Gasteiger partial charge >= 0.3 is 11.9 Å². The Labute approximate surface area is 179 Å². The van der Waals surface area contributed by atoms with Crippen molar-refractivity contribution in [2.75, 3.05) is 21.3 Å². The second kappa shape index (κ2) is 8.91. The molecule has 1 heterocycles. The molecule has 31 heavy (non-hydrogen) atoms. The SMILES string of the molecule is COC(=O)c1cc2cc(OC(C)C)c(OC)cc2c(-c2cc[n+]([O-])cc2)c1C(=O)OC. The van der Waals surface area contributed by atoms with Crippen molar-refractivity contribution in [3.05, 3.63) is 59.1 Å². The molecule has 3 aromatic rings. The second-order valence-electron chi connectivity index (χ2n) is 6.99. The molecule has 162 valence electrons. The van der Waals surface area contributed by atoms with E-state index in [-0.39, 0.29) is 17.2 Å². The summed E-state index contributed by atoms with van der Waals surface area (Å²) in [5.41, 5.74) is 1.03. The Bertz CT molecular complexity index is 1140. The van der Waals surface area contributed by atoms with Crippen LogP contribution in [0.5, 0.6) is 11.5 Å². The van der Waals surface area contributed by atoms with E-state index in [1.54, 1.807) is 30.3 Å². The zero-order chi connectivity index (χ0) is 22.7. The minimum atomic E-state index is -0.711. The molecule has 0 saturated heterocycles. The highest BCUT2D eigenvalue weighted by Crippen LogP contribution is 2.41. The summed E-state index contributed by atoms with van der Waals surface area (Å²) in [4.78, 5) is 25.4. The summed E-state index contributed by atoms with van der Waals surface area (Å²) >= 11 is 0. The van der Waals surface area contributed by atoms with Gasteiger partial charge in [0.05, 0.1) is 38.6 Å². The minimum absolute atomic E-state index is 0.0325. The van der Waals surface area contributed by atoms with Crippen LogP contribution in [-0.4, -0.2) is 39.4 Å². The van der Waals surface area contributed by atoms with Crippen LogP contribution in [0.3, 0.4) is 0 Å². The Morgan fingerprint density at radius 3 is 2.13 bits per heavy atom. The predicted octanol–water partition coefficient (Wildman–Crippen LogP) is 3.51. The predicted molar refractivity (Wildman–Crippen MR) is 113 cm³/mol. The van der Waals surface area contributed by atoms with E-state index in [0.29, 0.717) is 38.1 Å². The monoisotopic (exact) mass is 425 g/mol. The molecule has 1 aromatic heterocycles. The summed E-state index contributed by atoms with van der Waals surface area (Å²) in [7, 11) is 3.98. The average Bonchev–Trinajstić information content (AvgIpc) is 2.76. The van der Waals surface area contributed by atoms with E-state index in [2.05, 4.69) is 0 Å². The first-order valence-electron chi connectivity index (χ1n) is 9.51. The first-order chi connectivity index (χ1) is 14.8. The summed E-state index contributed by atoms with van der Waals surface area (Å²) in [6.45, 7) is 3.77. The molecular formula is C23H23NO7. The summed E-state index contributed by atoms with van der Waals surface area (Å²) in [6, 6.07) is 8.14. The minimum Gasteiger partial charge on any atom is -0.619 e. The van der Waals surface area contributed by atoms with Gasteiger partial charge in [-0.2, -0.15) is 4.73 Å². The molecule has 0 aliphatic carbocycles. The van der Waals surface area contributed by atoms with Gasteiger partial charge in [-0.3, -0.25) is 0 Å². The van der Waals surface area contributed by atoms with Gasteiger partial charge in [-0.15, -0.1) is 0 Å². The van der Waals surface area contributed by atoms with Crippen LogP contribution in [0, 0.1) is 5.21 Å². The number of hydrogen-bond donors (Lipinski definition) is 0. The van der Waals surface area contributed by atoms with Crippen molar-refractivity contribution in [3.8, 4) is 22.6 Å². The van der Waals surface area contributed by atoms with E-state index in [0.717, 1.165) is 0 Å². The van der Waals surface area contributed by atoms with Gasteiger partial charge in [0.2, 0.25) is 0 Å². The number of rotatable bonds is 6. The van der Waals surface area contributed by atoms with Gasteiger partial charge in [-0.05, 0) is 48.4 Å². The summed E-state index contributed by atoms with van der Waals surface area (Å²) in [5.74, 6) is -0.458. The molecule has 8 heteroatoms. The maximum absolute atomic E-state index is 12.8. The molecule has 0 radical (unpaired) electrons. The lowest BCUT2D eigenvalue weighted by Crippen LogP contribution is -2.23. The van der Waals surface area contributed by atoms with Gasteiger partial charge in [0, 0.05) is 17.7 Å². The van der Waals surface area contributed by atoms with Crippen LogP contribution in [0.2, 0.25) is 0 Å². The number of esters is 2. The van der Waals surface area contributed by atoms with Crippen molar-refractivity contribution >= 4 is 22.7 Å². The van der Waals surface area contributed by atoms with E-state index in [1.807, 2.05) is 13.8 Å². The molecule has 0 spiro atoms. The Hall–Kier alpha value is -3.81. The molecule has 0 aliphatic heterocycles. The van der Waals surface area contributed by atoms with Crippen molar-refractivity contribution in [2.45, 2.75) is 20.0 Å². The number of carbonyl (C=O) groups is 2. The number of ether oxygens (including phenoxy) is 4. The van der Waals surface area contributed by atoms with Crippen molar-refractivity contribution in [1.29, 1.82) is 0 Å². The smallest absolute Gasteiger partial charge is 0.339 e. The maximum atomic E-state index is 12.8. The van der Waals surface area contributed by atoms with E-state index in [9.17, 15) is 14.8 Å². The molecule has 0 fully saturated rings. The van der Waals surface area contributed by atoms with E-state index < -0.39 is 11.9 Å². The number of aromatic nitrogens is 1. The zero-order valence-electron chi connectivity index (χ0n) is 17.9. The molecule has 2 aromatic carbocycles. The quantitative estimate of drug-likeness (QED) is 0.339. The van der Waals surface area contributed by atoms with E-state index >= 15 is 0 Å². The third-order valence-corrected chi connectivity index (χ3v) is 4.67. The van der Waals surface area contributed by atoms with Crippen LogP contribution in [0.1, 0.15) is 34.6 Å². The Balaban J connectivity index is 2.49. The second-order valence-corrected chi connectivity index (χ2v) is 6.99. The molecule has 8 nitrogen and oxygen atoms in total. The molecule has 0 aliphatic rings. The van der Waals surface area contributed by atoms with Crippen molar-refractivity contribution in [3.63, 3.8) is 0 Å². The number of methoxy groups -OCH3 is 3. The highest BCUT2D eigenvalue weighted by Gasteiger charge is 2.27. The fourth-order valence-electron chi connectivity index (χ4n) is 3.38. The molecule has 0 atom stereocenters. The van der Waals surface area contributed by atoms with Gasteiger partial charge in [-0.25, -0.2) is 9.59 Å². The van der Waals surface area contributed by atoms with Crippen molar-refractivity contribution < 1.29 is 33.3 Å². The Kier molecular flexibility index (Phi) is 6.29. The molecule has 0 amide bonds. The Morgan fingerprint density at radius 1 is 0.935 bits per heavy atom. The van der Waals surface area contributed by atoms with Crippen LogP contribution in [-0.2, 0) is 9.47 Å². The first-order valence-corrected chi connectivity index (χ1v) is 9.51.